The van der Waals surface area contributed by atoms with Gasteiger partial charge in [-0.25, -0.2) is 0 Å². The van der Waals surface area contributed by atoms with E-state index in [4.69, 9.17) is 17.5 Å². The predicted octanol–water partition coefficient (Wildman–Crippen LogP) is 4.77. The van der Waals surface area contributed by atoms with Crippen LogP contribution in [0.3, 0.4) is 0 Å². The lowest BCUT2D eigenvalue weighted by Gasteiger charge is -2.43. The van der Waals surface area contributed by atoms with Gasteiger partial charge in [0.25, 0.3) is 5.91 Å². The van der Waals surface area contributed by atoms with Crippen LogP contribution in [-0.4, -0.2) is 47.3 Å². The molecule has 1 saturated carbocycles. The van der Waals surface area contributed by atoms with Crippen LogP contribution in [-0.2, 0) is 20.7 Å². The van der Waals surface area contributed by atoms with E-state index >= 15 is 0 Å². The molecule has 0 bridgehead atoms. The van der Waals surface area contributed by atoms with E-state index in [1.54, 1.807) is 4.90 Å². The van der Waals surface area contributed by atoms with Gasteiger partial charge in [0, 0.05) is 18.7 Å². The van der Waals surface area contributed by atoms with Crippen molar-refractivity contribution in [2.45, 2.75) is 43.8 Å². The molecule has 1 aromatic rings. The minimum absolute atomic E-state index is 0.0689. The third-order valence-corrected chi connectivity index (χ3v) is 6.61. The number of amides is 1. The number of nitrogens with zero attached hydrogens (tertiary/aromatic N) is 3. The number of anilines is 1. The highest BCUT2D eigenvalue weighted by Crippen LogP contribution is 2.46. The fourth-order valence-electron chi connectivity index (χ4n) is 4.21. The Morgan fingerprint density at radius 3 is 2.46 bits per heavy atom. The first-order valence-electron chi connectivity index (χ1n) is 10.9. The van der Waals surface area contributed by atoms with E-state index in [9.17, 15) is 22.8 Å². The van der Waals surface area contributed by atoms with Crippen molar-refractivity contribution in [1.82, 2.24) is 4.90 Å². The molecule has 1 aliphatic heterocycles. The number of aryl methyl sites for hydroxylation is 1. The summed E-state index contributed by atoms with van der Waals surface area (Å²) in [6.07, 6.45) is 1.06. The molecule has 2 aliphatic rings. The first-order chi connectivity index (χ1) is 16.6. The monoisotopic (exact) mass is 503 g/mol. The van der Waals surface area contributed by atoms with E-state index < -0.39 is 22.9 Å². The Kier molecular flexibility index (Phi) is 7.80. The molecule has 10 heteroatoms. The molecular formula is C25H24F3N3O3S. The minimum Gasteiger partial charge on any atom is -0.469 e. The Hall–Kier alpha value is -3.45. The molecule has 1 aromatic carbocycles. The molecule has 1 heterocycles. The second kappa shape index (κ2) is 10.4. The number of methoxy groups -OCH3 is 1. The summed E-state index contributed by atoms with van der Waals surface area (Å²) in [7, 11) is 1.34. The summed E-state index contributed by atoms with van der Waals surface area (Å²) in [6, 6.07) is 8.92. The van der Waals surface area contributed by atoms with Gasteiger partial charge in [0.1, 0.15) is 5.54 Å². The van der Waals surface area contributed by atoms with Crippen molar-refractivity contribution < 1.29 is 27.5 Å². The largest absolute Gasteiger partial charge is 0.469 e. The van der Waals surface area contributed by atoms with Gasteiger partial charge < -0.3 is 9.64 Å². The van der Waals surface area contributed by atoms with Gasteiger partial charge in [0.15, 0.2) is 5.11 Å². The fourth-order valence-corrected chi connectivity index (χ4v) is 4.64. The third-order valence-electron chi connectivity index (χ3n) is 6.21. The van der Waals surface area contributed by atoms with E-state index in [1.807, 2.05) is 24.3 Å². The Labute approximate surface area is 206 Å². The number of carbonyl (C=O) groups excluding carboxylic acids is 2. The second-order valence-corrected chi connectivity index (χ2v) is 8.57. The lowest BCUT2D eigenvalue weighted by Crippen LogP contribution is -2.55. The van der Waals surface area contributed by atoms with Crippen molar-refractivity contribution in [3.05, 3.63) is 65.8 Å². The van der Waals surface area contributed by atoms with Crippen LogP contribution < -0.4 is 4.90 Å². The zero-order valence-electron chi connectivity index (χ0n) is 19.1. The third kappa shape index (κ3) is 5.15. The molecule has 1 aliphatic carbocycles. The molecule has 1 saturated heterocycles. The number of halogens is 3. The van der Waals surface area contributed by atoms with Gasteiger partial charge in [0.2, 0.25) is 0 Å². The Bertz CT molecular complexity index is 1130. The van der Waals surface area contributed by atoms with Gasteiger partial charge in [-0.15, -0.1) is 0 Å². The highest BCUT2D eigenvalue weighted by Gasteiger charge is 2.58. The van der Waals surface area contributed by atoms with Crippen molar-refractivity contribution in [2.24, 2.45) is 0 Å². The zero-order chi connectivity index (χ0) is 25.8. The maximum atomic E-state index is 13.3. The van der Waals surface area contributed by atoms with E-state index in [2.05, 4.69) is 11.3 Å². The maximum absolute atomic E-state index is 13.3. The minimum atomic E-state index is -4.72. The van der Waals surface area contributed by atoms with Gasteiger partial charge in [-0.05, 0) is 61.7 Å². The molecule has 0 aromatic heterocycles. The van der Waals surface area contributed by atoms with Crippen LogP contribution in [0.15, 0.2) is 60.2 Å². The fraction of sp³-hybridized carbons (Fsp3) is 0.360. The Morgan fingerprint density at radius 2 is 1.97 bits per heavy atom. The standard InChI is InChI=1S/C25H24F3N3O3S/c1-3-20(25(26,27)28)18(16-29)6-4-15-30-22(33)24(13-5-14-24)31(23(30)35)19-10-7-17(8-11-19)9-12-21(32)34-2/h3-4,6-8,10-11H,1,5,9,12-15H2,2H3/b6-4-,20-18-. The Balaban J connectivity index is 1.81. The summed E-state index contributed by atoms with van der Waals surface area (Å²) < 4.78 is 44.0. The molecular weight excluding hydrogens is 479 g/mol. The highest BCUT2D eigenvalue weighted by atomic mass is 32.1. The van der Waals surface area contributed by atoms with Gasteiger partial charge in [0.05, 0.1) is 24.3 Å². The highest BCUT2D eigenvalue weighted by molar-refractivity contribution is 7.80. The van der Waals surface area contributed by atoms with Gasteiger partial charge >= 0.3 is 12.1 Å². The van der Waals surface area contributed by atoms with E-state index in [-0.39, 0.29) is 30.0 Å². The number of allylic oxidation sites excluding steroid dienone is 4. The molecule has 0 N–H and O–H groups in total. The van der Waals surface area contributed by atoms with E-state index in [0.717, 1.165) is 23.7 Å². The summed E-state index contributed by atoms with van der Waals surface area (Å²) in [5.74, 6) is -0.516. The normalized spacial score (nSPS) is 17.9. The average Bonchev–Trinajstić information content (AvgIpc) is 3.03. The number of hydrogen-bond donors (Lipinski definition) is 0. The molecule has 35 heavy (non-hydrogen) atoms. The number of thiocarbonyl (C=S) groups is 1. The lowest BCUT2D eigenvalue weighted by atomic mass is 9.75. The molecule has 0 unspecified atom stereocenters. The Morgan fingerprint density at radius 1 is 1.31 bits per heavy atom. The predicted molar refractivity (Wildman–Crippen MR) is 128 cm³/mol. The van der Waals surface area contributed by atoms with Crippen molar-refractivity contribution in [2.75, 3.05) is 18.6 Å². The molecule has 0 atom stereocenters. The molecule has 0 radical (unpaired) electrons. The quantitative estimate of drug-likeness (QED) is 0.220. The zero-order valence-corrected chi connectivity index (χ0v) is 19.9. The van der Waals surface area contributed by atoms with Crippen molar-refractivity contribution in [3.8, 4) is 6.07 Å². The summed E-state index contributed by atoms with van der Waals surface area (Å²) in [6.45, 7) is 3.07. The van der Waals surface area contributed by atoms with Crippen LogP contribution in [0.5, 0.6) is 0 Å². The number of carbonyl (C=O) groups is 2. The van der Waals surface area contributed by atoms with E-state index in [0.29, 0.717) is 25.3 Å². The molecule has 2 fully saturated rings. The summed E-state index contributed by atoms with van der Waals surface area (Å²) in [4.78, 5) is 27.9. The molecule has 3 rings (SSSR count). The summed E-state index contributed by atoms with van der Waals surface area (Å²) >= 11 is 5.61. The number of hydrogen-bond acceptors (Lipinski definition) is 5. The van der Waals surface area contributed by atoms with Crippen LogP contribution in [0.4, 0.5) is 18.9 Å². The second-order valence-electron chi connectivity index (χ2n) is 8.20. The van der Waals surface area contributed by atoms with Crippen LogP contribution in [0, 0.1) is 11.3 Å². The van der Waals surface area contributed by atoms with Crippen molar-refractivity contribution in [3.63, 3.8) is 0 Å². The number of esters is 1. The number of nitriles is 1. The topological polar surface area (TPSA) is 73.6 Å². The summed E-state index contributed by atoms with van der Waals surface area (Å²) in [5, 5.41) is 9.42. The maximum Gasteiger partial charge on any atom is 0.417 e. The number of ether oxygens (including phenoxy) is 1. The summed E-state index contributed by atoms with van der Waals surface area (Å²) in [5.41, 5.74) is -0.903. The molecule has 1 amide bonds. The van der Waals surface area contributed by atoms with Crippen LogP contribution in [0.25, 0.3) is 0 Å². The van der Waals surface area contributed by atoms with E-state index in [1.165, 1.54) is 24.2 Å². The SMILES string of the molecule is C=C/C(=C(C#N)\C=C/CN1C(=O)C2(CCC2)N(c2ccc(CCC(=O)OC)cc2)C1=S)C(F)(F)F. The van der Waals surface area contributed by atoms with Crippen molar-refractivity contribution in [1.29, 1.82) is 5.26 Å². The average molecular weight is 504 g/mol. The van der Waals surface area contributed by atoms with Crippen LogP contribution in [0.2, 0.25) is 0 Å². The van der Waals surface area contributed by atoms with Gasteiger partial charge in [-0.2, -0.15) is 18.4 Å². The lowest BCUT2D eigenvalue weighted by molar-refractivity contribution is -0.140. The van der Waals surface area contributed by atoms with Crippen LogP contribution >= 0.6 is 12.2 Å². The number of benzene rings is 1. The number of rotatable bonds is 8. The first-order valence-corrected chi connectivity index (χ1v) is 11.3. The smallest absolute Gasteiger partial charge is 0.417 e. The molecule has 6 nitrogen and oxygen atoms in total. The van der Waals surface area contributed by atoms with Crippen molar-refractivity contribution >= 4 is 34.9 Å². The van der Waals surface area contributed by atoms with Crippen LogP contribution in [0.1, 0.15) is 31.2 Å². The molecule has 184 valence electrons. The number of alkyl halides is 3. The van der Waals surface area contributed by atoms with Gasteiger partial charge in [-0.1, -0.05) is 30.9 Å². The first kappa shape index (κ1) is 26.2. The molecule has 1 spiro atoms. The van der Waals surface area contributed by atoms with Gasteiger partial charge in [-0.3, -0.25) is 14.5 Å².